The van der Waals surface area contributed by atoms with E-state index < -0.39 is 28.1 Å². The van der Waals surface area contributed by atoms with Crippen LogP contribution in [-0.4, -0.2) is 50.0 Å². The highest BCUT2D eigenvalue weighted by molar-refractivity contribution is 7.91. The van der Waals surface area contributed by atoms with Crippen LogP contribution < -0.4 is 5.32 Å². The van der Waals surface area contributed by atoms with Crippen LogP contribution >= 0.6 is 0 Å². The lowest BCUT2D eigenvalue weighted by Gasteiger charge is -2.14. The molecule has 1 atom stereocenters. The molecular formula is C16H22N2O6S. The number of ether oxygens (including phenoxy) is 1. The van der Waals surface area contributed by atoms with Crippen LogP contribution in [0.5, 0.6) is 0 Å². The Balaban J connectivity index is 2.47. The van der Waals surface area contributed by atoms with Crippen molar-refractivity contribution in [2.75, 3.05) is 14.1 Å². The van der Waals surface area contributed by atoms with Gasteiger partial charge in [0.25, 0.3) is 0 Å². The molecular weight excluding hydrogens is 348 g/mol. The van der Waals surface area contributed by atoms with Crippen molar-refractivity contribution in [3.8, 4) is 0 Å². The number of carboxylic acid groups (broad SMARTS) is 1. The molecule has 2 N–H and O–H groups in total. The Morgan fingerprint density at radius 3 is 2.48 bits per heavy atom. The lowest BCUT2D eigenvalue weighted by molar-refractivity contribution is -0.139. The van der Waals surface area contributed by atoms with Crippen molar-refractivity contribution in [2.45, 2.75) is 25.5 Å². The van der Waals surface area contributed by atoms with Crippen molar-refractivity contribution in [3.63, 3.8) is 0 Å². The normalized spacial score (nSPS) is 12.9. The van der Waals surface area contributed by atoms with Crippen LogP contribution in [0, 0.1) is 0 Å². The van der Waals surface area contributed by atoms with Crippen molar-refractivity contribution in [2.24, 2.45) is 0 Å². The number of alkyl carbamates (subject to hydrolysis) is 1. The number of carbonyl (C=O) groups is 2. The molecule has 0 aliphatic heterocycles. The molecule has 25 heavy (non-hydrogen) atoms. The van der Waals surface area contributed by atoms with E-state index in [2.05, 4.69) is 5.32 Å². The molecule has 0 heterocycles. The summed E-state index contributed by atoms with van der Waals surface area (Å²) in [6, 6.07) is 7.80. The van der Waals surface area contributed by atoms with Crippen LogP contribution in [0.4, 0.5) is 4.79 Å². The molecule has 1 aromatic rings. The fraction of sp³-hybridized carbons (Fsp3) is 0.375. The number of allylic oxidation sites excluding steroid dienone is 1. The Bertz CT molecular complexity index is 701. The average molecular weight is 370 g/mol. The van der Waals surface area contributed by atoms with Gasteiger partial charge in [-0.1, -0.05) is 36.4 Å². The molecule has 0 fully saturated rings. The number of rotatable bonds is 9. The predicted octanol–water partition coefficient (Wildman–Crippen LogP) is 1.55. The van der Waals surface area contributed by atoms with Crippen LogP contribution in [0.25, 0.3) is 0 Å². The standard InChI is InChI=1S/C16H22N2O6S/c1-18(2)25(22,23)11-7-6-10-14(15(19)20)17-16(21)24-12-13-8-4-3-5-9-13/h3-5,7-9,11,14H,6,10,12H2,1-2H3,(H,17,21)(H,19,20)/b11-7+/t14-/m0/s1. The van der Waals surface area contributed by atoms with Gasteiger partial charge in [0.2, 0.25) is 10.0 Å². The van der Waals surface area contributed by atoms with E-state index in [9.17, 15) is 18.0 Å². The van der Waals surface area contributed by atoms with Gasteiger partial charge < -0.3 is 15.2 Å². The van der Waals surface area contributed by atoms with E-state index in [1.807, 2.05) is 6.07 Å². The number of sulfonamides is 1. The molecule has 0 aromatic heterocycles. The number of benzene rings is 1. The van der Waals surface area contributed by atoms with Gasteiger partial charge in [0.05, 0.1) is 0 Å². The summed E-state index contributed by atoms with van der Waals surface area (Å²) in [7, 11) is -0.700. The van der Waals surface area contributed by atoms with Gasteiger partial charge in [0.15, 0.2) is 0 Å². The summed E-state index contributed by atoms with van der Waals surface area (Å²) >= 11 is 0. The fourth-order valence-electron chi connectivity index (χ4n) is 1.74. The van der Waals surface area contributed by atoms with Crippen molar-refractivity contribution in [3.05, 3.63) is 47.4 Å². The zero-order valence-corrected chi connectivity index (χ0v) is 14.9. The van der Waals surface area contributed by atoms with E-state index in [-0.39, 0.29) is 19.4 Å². The summed E-state index contributed by atoms with van der Waals surface area (Å²) in [5.74, 6) is -1.22. The van der Waals surface area contributed by atoms with Crippen molar-refractivity contribution >= 4 is 22.1 Å². The van der Waals surface area contributed by atoms with Gasteiger partial charge in [-0.2, -0.15) is 0 Å². The second kappa shape index (κ2) is 9.80. The minimum atomic E-state index is -3.49. The van der Waals surface area contributed by atoms with E-state index in [1.165, 1.54) is 20.2 Å². The van der Waals surface area contributed by atoms with E-state index in [4.69, 9.17) is 9.84 Å². The van der Waals surface area contributed by atoms with Gasteiger partial charge in [-0.3, -0.25) is 0 Å². The summed E-state index contributed by atoms with van der Waals surface area (Å²) in [6.07, 6.45) is 0.710. The van der Waals surface area contributed by atoms with Gasteiger partial charge in [-0.05, 0) is 18.4 Å². The van der Waals surface area contributed by atoms with Gasteiger partial charge in [0, 0.05) is 19.5 Å². The molecule has 0 radical (unpaired) electrons. The van der Waals surface area contributed by atoms with E-state index in [0.29, 0.717) is 0 Å². The molecule has 0 aliphatic carbocycles. The smallest absolute Gasteiger partial charge is 0.408 e. The molecule has 138 valence electrons. The minimum absolute atomic E-state index is 0.0278. The molecule has 0 spiro atoms. The molecule has 8 nitrogen and oxygen atoms in total. The third-order valence-electron chi connectivity index (χ3n) is 3.20. The summed E-state index contributed by atoms with van der Waals surface area (Å²) in [5, 5.41) is 12.4. The topological polar surface area (TPSA) is 113 Å². The van der Waals surface area contributed by atoms with Crippen molar-refractivity contribution in [1.82, 2.24) is 9.62 Å². The lowest BCUT2D eigenvalue weighted by Crippen LogP contribution is -2.40. The summed E-state index contributed by atoms with van der Waals surface area (Å²) < 4.78 is 29.1. The summed E-state index contributed by atoms with van der Waals surface area (Å²) in [6.45, 7) is 0.0278. The van der Waals surface area contributed by atoms with Crippen LogP contribution in [0.1, 0.15) is 18.4 Å². The predicted molar refractivity (Wildman–Crippen MR) is 92.2 cm³/mol. The number of hydrogen-bond acceptors (Lipinski definition) is 5. The number of nitrogens with one attached hydrogen (secondary N) is 1. The number of carboxylic acids is 1. The fourth-order valence-corrected chi connectivity index (χ4v) is 2.36. The third kappa shape index (κ3) is 7.81. The van der Waals surface area contributed by atoms with Crippen LogP contribution in [0.15, 0.2) is 41.8 Å². The number of amides is 1. The maximum absolute atomic E-state index is 11.7. The Morgan fingerprint density at radius 2 is 1.92 bits per heavy atom. The largest absolute Gasteiger partial charge is 0.480 e. The van der Waals surface area contributed by atoms with Gasteiger partial charge in [0.1, 0.15) is 12.6 Å². The maximum atomic E-state index is 11.7. The molecule has 0 saturated heterocycles. The highest BCUT2D eigenvalue weighted by Gasteiger charge is 2.20. The molecule has 1 amide bonds. The zero-order valence-electron chi connectivity index (χ0n) is 14.1. The molecule has 0 unspecified atom stereocenters. The Morgan fingerprint density at radius 1 is 1.28 bits per heavy atom. The van der Waals surface area contributed by atoms with Gasteiger partial charge in [-0.15, -0.1) is 0 Å². The van der Waals surface area contributed by atoms with Gasteiger partial charge in [-0.25, -0.2) is 22.3 Å². The Labute approximate surface area is 147 Å². The summed E-state index contributed by atoms with van der Waals surface area (Å²) in [4.78, 5) is 22.9. The lowest BCUT2D eigenvalue weighted by atomic mass is 10.1. The maximum Gasteiger partial charge on any atom is 0.408 e. The first kappa shape index (κ1) is 20.7. The average Bonchev–Trinajstić information content (AvgIpc) is 2.56. The number of aliphatic carboxylic acids is 1. The molecule has 0 saturated carbocycles. The first-order valence-corrected chi connectivity index (χ1v) is 9.02. The third-order valence-corrected chi connectivity index (χ3v) is 4.76. The number of nitrogens with zero attached hydrogens (tertiary/aromatic N) is 1. The number of hydrogen-bond donors (Lipinski definition) is 2. The molecule has 0 bridgehead atoms. The van der Waals surface area contributed by atoms with E-state index >= 15 is 0 Å². The molecule has 0 aliphatic rings. The first-order chi connectivity index (χ1) is 11.7. The zero-order chi connectivity index (χ0) is 18.9. The van der Waals surface area contributed by atoms with Crippen molar-refractivity contribution < 1.29 is 27.9 Å². The summed E-state index contributed by atoms with van der Waals surface area (Å²) in [5.41, 5.74) is 0.779. The Hall–Kier alpha value is -2.39. The molecule has 1 rings (SSSR count). The SMILES string of the molecule is CN(C)S(=O)(=O)/C=C/CC[C@H](NC(=O)OCc1ccccc1)C(=O)O. The van der Waals surface area contributed by atoms with Gasteiger partial charge >= 0.3 is 12.1 Å². The first-order valence-electron chi connectivity index (χ1n) is 7.51. The molecule has 9 heteroatoms. The van der Waals surface area contributed by atoms with Crippen LogP contribution in [0.2, 0.25) is 0 Å². The minimum Gasteiger partial charge on any atom is -0.480 e. The highest BCUT2D eigenvalue weighted by atomic mass is 32.2. The quantitative estimate of drug-likeness (QED) is 0.682. The number of carbonyl (C=O) groups excluding carboxylic acids is 1. The molecule has 1 aromatic carbocycles. The highest BCUT2D eigenvalue weighted by Crippen LogP contribution is 2.05. The second-order valence-electron chi connectivity index (χ2n) is 5.37. The monoisotopic (exact) mass is 370 g/mol. The second-order valence-corrected chi connectivity index (χ2v) is 7.41. The van der Waals surface area contributed by atoms with Crippen LogP contribution in [0.3, 0.4) is 0 Å². The Kier molecular flexibility index (Phi) is 8.09. The van der Waals surface area contributed by atoms with E-state index in [1.54, 1.807) is 24.3 Å². The van der Waals surface area contributed by atoms with Crippen LogP contribution in [-0.2, 0) is 26.2 Å². The van der Waals surface area contributed by atoms with E-state index in [0.717, 1.165) is 15.3 Å². The van der Waals surface area contributed by atoms with Crippen molar-refractivity contribution in [1.29, 1.82) is 0 Å².